The van der Waals surface area contributed by atoms with Crippen molar-refractivity contribution in [1.29, 1.82) is 0 Å². The summed E-state index contributed by atoms with van der Waals surface area (Å²) in [5.74, 6) is 2.49. The Labute approximate surface area is 118 Å². The molecule has 0 aromatic heterocycles. The molecule has 0 aromatic carbocycles. The second-order valence-corrected chi connectivity index (χ2v) is 7.63. The Morgan fingerprint density at radius 3 is 2.50 bits per heavy atom. The first-order valence-electron chi connectivity index (χ1n) is 7.68. The van der Waals surface area contributed by atoms with Gasteiger partial charge >= 0.3 is 0 Å². The molecule has 2 aliphatic rings. The van der Waals surface area contributed by atoms with Crippen molar-refractivity contribution in [2.24, 2.45) is 22.7 Å². The first-order chi connectivity index (χ1) is 8.45. The van der Waals surface area contributed by atoms with E-state index in [1.54, 1.807) is 0 Å². The van der Waals surface area contributed by atoms with Crippen LogP contribution in [-0.4, -0.2) is 18.5 Å². The van der Waals surface area contributed by atoms with Crippen molar-refractivity contribution < 1.29 is 4.74 Å². The minimum atomic E-state index is 0.408. The van der Waals surface area contributed by atoms with Crippen molar-refractivity contribution in [2.45, 2.75) is 65.9 Å². The number of rotatable bonds is 6. The van der Waals surface area contributed by atoms with E-state index in [0.29, 0.717) is 22.9 Å². The summed E-state index contributed by atoms with van der Waals surface area (Å²) >= 11 is 4.46. The third-order valence-electron chi connectivity index (χ3n) is 6.20. The summed E-state index contributed by atoms with van der Waals surface area (Å²) in [6.45, 7) is 10.5. The topological polar surface area (TPSA) is 9.23 Å². The smallest absolute Gasteiger partial charge is 0.0636 e. The van der Waals surface area contributed by atoms with Crippen LogP contribution in [-0.2, 0) is 4.74 Å². The molecule has 2 fully saturated rings. The van der Waals surface area contributed by atoms with Gasteiger partial charge in [-0.25, -0.2) is 0 Å². The summed E-state index contributed by atoms with van der Waals surface area (Å²) in [5, 5.41) is 0. The molecule has 2 saturated carbocycles. The van der Waals surface area contributed by atoms with Crippen molar-refractivity contribution in [3.8, 4) is 0 Å². The molecule has 0 aromatic rings. The lowest BCUT2D eigenvalue weighted by Crippen LogP contribution is -2.38. The van der Waals surface area contributed by atoms with Crippen LogP contribution in [0.15, 0.2) is 0 Å². The first-order valence-corrected chi connectivity index (χ1v) is 8.31. The average molecular weight is 270 g/mol. The molecular weight excluding hydrogens is 240 g/mol. The van der Waals surface area contributed by atoms with Gasteiger partial charge in [-0.1, -0.05) is 34.1 Å². The average Bonchev–Trinajstić information content (AvgIpc) is 2.67. The maximum absolute atomic E-state index is 6.33. The van der Waals surface area contributed by atoms with Gasteiger partial charge in [0.2, 0.25) is 0 Å². The summed E-state index contributed by atoms with van der Waals surface area (Å²) in [4.78, 5) is 0. The van der Waals surface area contributed by atoms with Gasteiger partial charge in [0.15, 0.2) is 0 Å². The van der Waals surface area contributed by atoms with E-state index in [1.165, 1.54) is 32.1 Å². The van der Waals surface area contributed by atoms with Crippen LogP contribution < -0.4 is 0 Å². The molecule has 0 spiro atoms. The van der Waals surface area contributed by atoms with E-state index in [4.69, 9.17) is 4.74 Å². The molecule has 0 amide bonds. The highest BCUT2D eigenvalue weighted by atomic mass is 32.1. The van der Waals surface area contributed by atoms with Gasteiger partial charge in [-0.05, 0) is 54.1 Å². The second-order valence-electron chi connectivity index (χ2n) is 7.27. The third kappa shape index (κ3) is 2.24. The number of hydrogen-bond acceptors (Lipinski definition) is 2. The minimum Gasteiger partial charge on any atom is -0.377 e. The van der Waals surface area contributed by atoms with Crippen molar-refractivity contribution in [2.75, 3.05) is 12.4 Å². The predicted molar refractivity (Wildman–Crippen MR) is 81.2 cm³/mol. The SMILES string of the molecule is CCCC(CS)COC1CC2CCC1(C)C2(C)C. The molecule has 0 aliphatic heterocycles. The number of hydrogen-bond donors (Lipinski definition) is 1. The van der Waals surface area contributed by atoms with Gasteiger partial charge in [0.05, 0.1) is 12.7 Å². The second kappa shape index (κ2) is 5.36. The Morgan fingerprint density at radius 2 is 2.06 bits per heavy atom. The molecule has 2 heteroatoms. The summed E-state index contributed by atoms with van der Waals surface area (Å²) < 4.78 is 6.33. The summed E-state index contributed by atoms with van der Waals surface area (Å²) in [7, 11) is 0. The van der Waals surface area contributed by atoms with Gasteiger partial charge < -0.3 is 4.74 Å². The van der Waals surface area contributed by atoms with Crippen LogP contribution in [0.25, 0.3) is 0 Å². The monoisotopic (exact) mass is 270 g/mol. The van der Waals surface area contributed by atoms with E-state index in [0.717, 1.165) is 18.3 Å². The van der Waals surface area contributed by atoms with Crippen molar-refractivity contribution in [3.63, 3.8) is 0 Å². The molecular formula is C16H30OS. The van der Waals surface area contributed by atoms with Gasteiger partial charge in [0.25, 0.3) is 0 Å². The fourth-order valence-electron chi connectivity index (χ4n) is 4.27. The van der Waals surface area contributed by atoms with Crippen LogP contribution in [0.4, 0.5) is 0 Å². The zero-order valence-corrected chi connectivity index (χ0v) is 13.4. The lowest BCUT2D eigenvalue weighted by atomic mass is 9.70. The fourth-order valence-corrected chi connectivity index (χ4v) is 4.56. The maximum Gasteiger partial charge on any atom is 0.0636 e. The Hall–Kier alpha value is 0.310. The summed E-state index contributed by atoms with van der Waals surface area (Å²) in [6.07, 6.45) is 7.04. The molecule has 106 valence electrons. The minimum absolute atomic E-state index is 0.408. The van der Waals surface area contributed by atoms with Crippen molar-refractivity contribution >= 4 is 12.6 Å². The summed E-state index contributed by atoms with van der Waals surface area (Å²) in [5.41, 5.74) is 0.879. The quantitative estimate of drug-likeness (QED) is 0.696. The predicted octanol–water partition coefficient (Wildman–Crippen LogP) is 4.56. The van der Waals surface area contributed by atoms with Crippen LogP contribution in [0, 0.1) is 22.7 Å². The molecule has 0 N–H and O–H groups in total. The number of ether oxygens (including phenoxy) is 1. The van der Waals surface area contributed by atoms with Gasteiger partial charge in [-0.2, -0.15) is 12.6 Å². The van der Waals surface area contributed by atoms with Crippen molar-refractivity contribution in [3.05, 3.63) is 0 Å². The van der Waals surface area contributed by atoms with Gasteiger partial charge in [0.1, 0.15) is 0 Å². The summed E-state index contributed by atoms with van der Waals surface area (Å²) in [6, 6.07) is 0. The molecule has 1 nitrogen and oxygen atoms in total. The highest BCUT2D eigenvalue weighted by Crippen LogP contribution is 2.66. The standard InChI is InChI=1S/C16H30OS/c1-5-6-12(11-18)10-17-14-9-13-7-8-16(14,4)15(13,2)3/h12-14,18H,5-11H2,1-4H3. The van der Waals surface area contributed by atoms with E-state index in [1.807, 2.05) is 0 Å². The molecule has 18 heavy (non-hydrogen) atoms. The molecule has 2 bridgehead atoms. The molecule has 4 unspecified atom stereocenters. The molecule has 0 saturated heterocycles. The normalized spacial score (nSPS) is 39.2. The van der Waals surface area contributed by atoms with E-state index in [2.05, 4.69) is 40.3 Å². The Morgan fingerprint density at radius 1 is 1.33 bits per heavy atom. The van der Waals surface area contributed by atoms with E-state index in [-0.39, 0.29) is 0 Å². The fraction of sp³-hybridized carbons (Fsp3) is 1.00. The largest absolute Gasteiger partial charge is 0.377 e. The van der Waals surface area contributed by atoms with E-state index < -0.39 is 0 Å². The van der Waals surface area contributed by atoms with Crippen LogP contribution in [0.2, 0.25) is 0 Å². The van der Waals surface area contributed by atoms with Gasteiger partial charge in [-0.3, -0.25) is 0 Å². The molecule has 0 heterocycles. The zero-order chi connectivity index (χ0) is 13.4. The number of fused-ring (bicyclic) bond motifs is 2. The molecule has 4 atom stereocenters. The van der Waals surface area contributed by atoms with Crippen LogP contribution in [0.1, 0.15) is 59.8 Å². The maximum atomic E-state index is 6.33. The number of thiol groups is 1. The molecule has 2 rings (SSSR count). The van der Waals surface area contributed by atoms with Crippen LogP contribution in [0.5, 0.6) is 0 Å². The van der Waals surface area contributed by atoms with Gasteiger partial charge in [0, 0.05) is 0 Å². The van der Waals surface area contributed by atoms with Crippen LogP contribution >= 0.6 is 12.6 Å². The van der Waals surface area contributed by atoms with E-state index in [9.17, 15) is 0 Å². The van der Waals surface area contributed by atoms with Crippen LogP contribution in [0.3, 0.4) is 0 Å². The lowest BCUT2D eigenvalue weighted by Gasteiger charge is -2.39. The highest BCUT2D eigenvalue weighted by molar-refractivity contribution is 7.80. The molecule has 2 aliphatic carbocycles. The lowest BCUT2D eigenvalue weighted by molar-refractivity contribution is -0.0571. The Balaban J connectivity index is 1.92. The molecule has 0 radical (unpaired) electrons. The Bertz CT molecular complexity index is 289. The Kier molecular flexibility index (Phi) is 4.38. The first kappa shape index (κ1) is 14.7. The third-order valence-corrected chi connectivity index (χ3v) is 6.72. The van der Waals surface area contributed by atoms with Gasteiger partial charge in [-0.15, -0.1) is 0 Å². The van der Waals surface area contributed by atoms with Crippen molar-refractivity contribution in [1.82, 2.24) is 0 Å². The van der Waals surface area contributed by atoms with E-state index >= 15 is 0 Å². The highest BCUT2D eigenvalue weighted by Gasteiger charge is 2.61. The zero-order valence-electron chi connectivity index (χ0n) is 12.5.